The predicted molar refractivity (Wildman–Crippen MR) is 77.9 cm³/mol. The van der Waals surface area contributed by atoms with Gasteiger partial charge in [-0.15, -0.1) is 0 Å². The zero-order valence-corrected chi connectivity index (χ0v) is 14.7. The number of rotatable bonds is 7. The van der Waals surface area contributed by atoms with Gasteiger partial charge in [0.1, 0.15) is 13.2 Å². The van der Waals surface area contributed by atoms with Crippen LogP contribution in [0.15, 0.2) is 24.3 Å². The molecule has 0 amide bonds. The summed E-state index contributed by atoms with van der Waals surface area (Å²) in [6, 6.07) is 6.81. The number of quaternary nitrogens is 1. The molecule has 0 aliphatic heterocycles. The maximum Gasteiger partial charge on any atom is 0.338 e. The highest BCUT2D eigenvalue weighted by Crippen LogP contribution is 2.08. The van der Waals surface area contributed by atoms with Crippen molar-refractivity contribution in [1.82, 2.24) is 0 Å². The molecule has 20 heavy (non-hydrogen) atoms. The maximum absolute atomic E-state index is 11.8. The van der Waals surface area contributed by atoms with Gasteiger partial charge in [-0.05, 0) is 45.0 Å². The molecule has 0 aromatic heterocycles. The Balaban J connectivity index is 0.00000361. The number of ether oxygens (including phenoxy) is 1. The molecule has 2 N–H and O–H groups in total. The van der Waals surface area contributed by atoms with Gasteiger partial charge in [0.15, 0.2) is 0 Å². The van der Waals surface area contributed by atoms with Gasteiger partial charge in [0.25, 0.3) is 0 Å². The number of likely N-dealkylation sites (N-methyl/N-ethyl adjacent to an activating group) is 1. The van der Waals surface area contributed by atoms with Crippen molar-refractivity contribution in [2.24, 2.45) is 0 Å². The van der Waals surface area contributed by atoms with Crippen molar-refractivity contribution < 1.29 is 38.0 Å². The Hall–Kier alpha value is -0.820. The van der Waals surface area contributed by atoms with Crippen molar-refractivity contribution in [3.05, 3.63) is 29.8 Å². The lowest BCUT2D eigenvalue weighted by atomic mass is 10.2. The second kappa shape index (κ2) is 9.18. The normalized spacial score (nSPS) is 10.8. The fraction of sp³-hybridized carbons (Fsp3) is 0.533. The molecule has 114 valence electrons. The predicted octanol–water partition coefficient (Wildman–Crippen LogP) is -0.694. The molecule has 1 aromatic carbocycles. The Labute approximate surface area is 138 Å². The van der Waals surface area contributed by atoms with Gasteiger partial charge in [0, 0.05) is 5.69 Å². The van der Waals surface area contributed by atoms with Crippen LogP contribution in [-0.4, -0.2) is 43.2 Å². The molecule has 1 rings (SSSR count). The fourth-order valence-electron chi connectivity index (χ4n) is 2.18. The summed E-state index contributed by atoms with van der Waals surface area (Å²) in [4.78, 5) is 11.8. The lowest BCUT2D eigenvalue weighted by Gasteiger charge is -2.35. The van der Waals surface area contributed by atoms with Crippen molar-refractivity contribution in [2.45, 2.75) is 20.8 Å². The quantitative estimate of drug-likeness (QED) is 0.289. The third-order valence-electron chi connectivity index (χ3n) is 3.96. The van der Waals surface area contributed by atoms with Crippen LogP contribution in [0, 0.1) is 0 Å². The van der Waals surface area contributed by atoms with Crippen LogP contribution in [0.2, 0.25) is 0 Å². The van der Waals surface area contributed by atoms with Crippen LogP contribution in [0.5, 0.6) is 0 Å². The van der Waals surface area contributed by atoms with Crippen LogP contribution in [0.25, 0.3) is 0 Å². The van der Waals surface area contributed by atoms with Gasteiger partial charge in [-0.1, -0.05) is 0 Å². The SMILES string of the molecule is CC[N+](CC)(CC)CCOC(=O)c1ccc(N)cc1.[I-]. The molecule has 0 heterocycles. The van der Waals surface area contributed by atoms with Crippen LogP contribution in [-0.2, 0) is 4.74 Å². The van der Waals surface area contributed by atoms with Crippen LogP contribution < -0.4 is 29.7 Å². The minimum Gasteiger partial charge on any atom is -1.00 e. The Morgan fingerprint density at radius 3 is 2.05 bits per heavy atom. The summed E-state index contributed by atoms with van der Waals surface area (Å²) < 4.78 is 6.31. The number of hydrogen-bond acceptors (Lipinski definition) is 3. The first-order valence-corrected chi connectivity index (χ1v) is 6.94. The zero-order valence-electron chi connectivity index (χ0n) is 12.6. The second-order valence-corrected chi connectivity index (χ2v) is 4.77. The molecule has 5 heteroatoms. The van der Waals surface area contributed by atoms with Crippen LogP contribution in [0.3, 0.4) is 0 Å². The summed E-state index contributed by atoms with van der Waals surface area (Å²) in [6.45, 7) is 11.0. The maximum atomic E-state index is 11.8. The first-order chi connectivity index (χ1) is 9.06. The molecule has 0 spiro atoms. The minimum absolute atomic E-state index is 0. The zero-order chi connectivity index (χ0) is 14.3. The van der Waals surface area contributed by atoms with Crippen LogP contribution in [0.4, 0.5) is 5.69 Å². The highest BCUT2D eigenvalue weighted by Gasteiger charge is 2.21. The Bertz CT molecular complexity index is 395. The van der Waals surface area contributed by atoms with Crippen molar-refractivity contribution >= 4 is 11.7 Å². The Morgan fingerprint density at radius 2 is 1.60 bits per heavy atom. The Morgan fingerprint density at radius 1 is 1.10 bits per heavy atom. The topological polar surface area (TPSA) is 52.3 Å². The fourth-order valence-corrected chi connectivity index (χ4v) is 2.18. The summed E-state index contributed by atoms with van der Waals surface area (Å²) in [5, 5.41) is 0. The minimum atomic E-state index is -0.276. The monoisotopic (exact) mass is 392 g/mol. The number of anilines is 1. The number of carbonyl (C=O) groups is 1. The Kier molecular flexibility index (Phi) is 8.80. The number of hydrogen-bond donors (Lipinski definition) is 1. The van der Waals surface area contributed by atoms with E-state index in [1.165, 1.54) is 0 Å². The van der Waals surface area contributed by atoms with E-state index in [1.54, 1.807) is 24.3 Å². The third-order valence-corrected chi connectivity index (χ3v) is 3.96. The van der Waals surface area contributed by atoms with Crippen molar-refractivity contribution in [1.29, 1.82) is 0 Å². The van der Waals surface area contributed by atoms with Crippen molar-refractivity contribution in [2.75, 3.05) is 38.5 Å². The van der Waals surface area contributed by atoms with E-state index < -0.39 is 0 Å². The highest BCUT2D eigenvalue weighted by molar-refractivity contribution is 5.89. The van der Waals surface area contributed by atoms with Crippen molar-refractivity contribution in [3.8, 4) is 0 Å². The van der Waals surface area contributed by atoms with Crippen molar-refractivity contribution in [3.63, 3.8) is 0 Å². The van der Waals surface area contributed by atoms with Gasteiger partial charge in [-0.25, -0.2) is 4.79 Å². The summed E-state index contributed by atoms with van der Waals surface area (Å²) in [6.07, 6.45) is 0. The summed E-state index contributed by atoms with van der Waals surface area (Å²) in [5.41, 5.74) is 6.78. The smallest absolute Gasteiger partial charge is 0.338 e. The average molecular weight is 392 g/mol. The highest BCUT2D eigenvalue weighted by atomic mass is 127. The number of esters is 1. The number of nitrogens with two attached hydrogens (primary N) is 1. The molecule has 0 saturated heterocycles. The van der Waals surface area contributed by atoms with E-state index in [1.807, 2.05) is 0 Å². The first-order valence-electron chi connectivity index (χ1n) is 6.94. The van der Waals surface area contributed by atoms with Crippen LogP contribution >= 0.6 is 0 Å². The third kappa shape index (κ3) is 5.28. The average Bonchev–Trinajstić information content (AvgIpc) is 2.45. The number of benzene rings is 1. The van der Waals surface area contributed by atoms with E-state index in [2.05, 4.69) is 20.8 Å². The van der Waals surface area contributed by atoms with Gasteiger partial charge in [0.05, 0.1) is 25.2 Å². The summed E-state index contributed by atoms with van der Waals surface area (Å²) in [5.74, 6) is -0.276. The van der Waals surface area contributed by atoms with E-state index in [0.717, 1.165) is 30.7 Å². The second-order valence-electron chi connectivity index (χ2n) is 4.77. The molecular formula is C15H25IN2O2. The van der Waals surface area contributed by atoms with Gasteiger partial charge in [-0.2, -0.15) is 0 Å². The first kappa shape index (κ1) is 19.2. The number of halogens is 1. The van der Waals surface area contributed by atoms with E-state index in [9.17, 15) is 4.79 Å². The molecule has 0 atom stereocenters. The van der Waals surface area contributed by atoms with Gasteiger partial charge < -0.3 is 38.9 Å². The van der Waals surface area contributed by atoms with E-state index in [0.29, 0.717) is 17.9 Å². The summed E-state index contributed by atoms with van der Waals surface area (Å²) >= 11 is 0. The molecule has 0 bridgehead atoms. The van der Waals surface area contributed by atoms with E-state index in [-0.39, 0.29) is 29.9 Å². The van der Waals surface area contributed by atoms with Gasteiger partial charge >= 0.3 is 5.97 Å². The number of nitrogen functional groups attached to an aromatic ring is 1. The molecular weight excluding hydrogens is 367 g/mol. The molecule has 0 aliphatic rings. The molecule has 0 unspecified atom stereocenters. The lowest BCUT2D eigenvalue weighted by molar-refractivity contribution is -0.923. The number of carbonyl (C=O) groups excluding carboxylic acids is 1. The molecule has 0 aliphatic carbocycles. The molecule has 0 fully saturated rings. The lowest BCUT2D eigenvalue weighted by Crippen LogP contribution is -3.00. The van der Waals surface area contributed by atoms with E-state index in [4.69, 9.17) is 10.5 Å². The molecule has 0 saturated carbocycles. The van der Waals surface area contributed by atoms with Gasteiger partial charge in [-0.3, -0.25) is 0 Å². The van der Waals surface area contributed by atoms with E-state index >= 15 is 0 Å². The summed E-state index contributed by atoms with van der Waals surface area (Å²) in [7, 11) is 0. The largest absolute Gasteiger partial charge is 1.00 e. The molecule has 0 radical (unpaired) electrons. The molecule has 1 aromatic rings. The standard InChI is InChI=1S/C15H24N2O2.HI/c1-4-17(5-2,6-3)11-12-19-15(18)13-7-9-14(16)10-8-13;/h7-10H,4-6,11-12H2,1-3H3,(H-,16,18);1H. The molecule has 4 nitrogen and oxygen atoms in total. The van der Waals surface area contributed by atoms with Crippen LogP contribution in [0.1, 0.15) is 31.1 Å². The number of nitrogens with zero attached hydrogens (tertiary/aromatic N) is 1. The van der Waals surface area contributed by atoms with Gasteiger partial charge in [0.2, 0.25) is 0 Å².